The minimum atomic E-state index is -0.102. The lowest BCUT2D eigenvalue weighted by Crippen LogP contribution is -2.34. The van der Waals surface area contributed by atoms with Gasteiger partial charge in [0.15, 0.2) is 0 Å². The number of nitrogens with two attached hydrogens (primary N) is 1. The van der Waals surface area contributed by atoms with Gasteiger partial charge in [-0.15, -0.1) is 5.10 Å². The van der Waals surface area contributed by atoms with Crippen molar-refractivity contribution in [1.29, 1.82) is 0 Å². The standard InChI is InChI=1S/C10H17N5O2S/c1-3-7-9(18-14-12-7)10(16)15(4-2)6-5-8(11)13-17/h17H,3-6H2,1-2H3,(H2,11,13). The van der Waals surface area contributed by atoms with E-state index in [2.05, 4.69) is 14.7 Å². The van der Waals surface area contributed by atoms with E-state index in [1.165, 1.54) is 0 Å². The second kappa shape index (κ2) is 6.90. The monoisotopic (exact) mass is 271 g/mol. The number of amides is 1. The number of oxime groups is 1. The van der Waals surface area contributed by atoms with Crippen LogP contribution in [-0.4, -0.2) is 44.5 Å². The van der Waals surface area contributed by atoms with E-state index in [1.54, 1.807) is 4.90 Å². The van der Waals surface area contributed by atoms with Crippen LogP contribution in [-0.2, 0) is 6.42 Å². The van der Waals surface area contributed by atoms with Gasteiger partial charge in [-0.1, -0.05) is 16.6 Å². The number of aryl methyl sites for hydroxylation is 1. The molecule has 0 spiro atoms. The van der Waals surface area contributed by atoms with E-state index in [9.17, 15) is 4.79 Å². The van der Waals surface area contributed by atoms with Crippen LogP contribution in [0.1, 0.15) is 35.6 Å². The zero-order valence-corrected chi connectivity index (χ0v) is 11.3. The summed E-state index contributed by atoms with van der Waals surface area (Å²) in [5, 5.41) is 15.3. The van der Waals surface area contributed by atoms with Crippen LogP contribution in [0.5, 0.6) is 0 Å². The van der Waals surface area contributed by atoms with E-state index >= 15 is 0 Å². The van der Waals surface area contributed by atoms with E-state index in [-0.39, 0.29) is 11.7 Å². The molecule has 1 aromatic rings. The lowest BCUT2D eigenvalue weighted by molar-refractivity contribution is 0.0772. The fraction of sp³-hybridized carbons (Fsp3) is 0.600. The first kappa shape index (κ1) is 14.4. The highest BCUT2D eigenvalue weighted by Crippen LogP contribution is 2.14. The minimum absolute atomic E-state index is 0.102. The molecule has 1 amide bonds. The normalized spacial score (nSPS) is 11.6. The van der Waals surface area contributed by atoms with Crippen molar-refractivity contribution in [3.05, 3.63) is 10.6 Å². The summed E-state index contributed by atoms with van der Waals surface area (Å²) < 4.78 is 3.80. The Morgan fingerprint density at radius 1 is 1.56 bits per heavy atom. The number of amidine groups is 1. The Kier molecular flexibility index (Phi) is 5.50. The van der Waals surface area contributed by atoms with Crippen LogP contribution < -0.4 is 5.73 Å². The summed E-state index contributed by atoms with van der Waals surface area (Å²) >= 11 is 1.10. The molecule has 0 aliphatic rings. The van der Waals surface area contributed by atoms with Crippen molar-refractivity contribution in [3.8, 4) is 0 Å². The first-order valence-electron chi connectivity index (χ1n) is 5.70. The number of hydrogen-bond acceptors (Lipinski definition) is 6. The van der Waals surface area contributed by atoms with Gasteiger partial charge >= 0.3 is 0 Å². The predicted molar refractivity (Wildman–Crippen MR) is 68.9 cm³/mol. The first-order chi connectivity index (χ1) is 8.63. The zero-order chi connectivity index (χ0) is 13.5. The molecule has 7 nitrogen and oxygen atoms in total. The molecule has 100 valence electrons. The fourth-order valence-electron chi connectivity index (χ4n) is 1.45. The molecule has 0 fully saturated rings. The van der Waals surface area contributed by atoms with Crippen molar-refractivity contribution < 1.29 is 10.0 Å². The molecule has 0 saturated carbocycles. The number of aromatic nitrogens is 2. The summed E-state index contributed by atoms with van der Waals surface area (Å²) in [4.78, 5) is 14.4. The Bertz CT molecular complexity index is 432. The summed E-state index contributed by atoms with van der Waals surface area (Å²) in [6, 6.07) is 0. The third-order valence-corrected chi connectivity index (χ3v) is 3.28. The van der Waals surface area contributed by atoms with Crippen molar-refractivity contribution in [2.75, 3.05) is 13.1 Å². The largest absolute Gasteiger partial charge is 0.409 e. The van der Waals surface area contributed by atoms with Gasteiger partial charge in [-0.25, -0.2) is 0 Å². The van der Waals surface area contributed by atoms with Crippen LogP contribution in [0, 0.1) is 0 Å². The molecule has 3 N–H and O–H groups in total. The van der Waals surface area contributed by atoms with E-state index in [0.717, 1.165) is 11.5 Å². The molecular formula is C10H17N5O2S. The molecule has 0 unspecified atom stereocenters. The van der Waals surface area contributed by atoms with E-state index in [0.29, 0.717) is 36.5 Å². The molecule has 1 aromatic heterocycles. The highest BCUT2D eigenvalue weighted by molar-refractivity contribution is 7.08. The van der Waals surface area contributed by atoms with Crippen molar-refractivity contribution in [2.45, 2.75) is 26.7 Å². The van der Waals surface area contributed by atoms with Crippen LogP contribution in [0.4, 0.5) is 0 Å². The Morgan fingerprint density at radius 3 is 2.83 bits per heavy atom. The smallest absolute Gasteiger partial charge is 0.267 e. The number of nitrogens with zero attached hydrogens (tertiary/aromatic N) is 4. The van der Waals surface area contributed by atoms with E-state index in [4.69, 9.17) is 10.9 Å². The average molecular weight is 271 g/mol. The number of rotatable bonds is 6. The number of carbonyl (C=O) groups excluding carboxylic acids is 1. The Morgan fingerprint density at radius 2 is 2.28 bits per heavy atom. The summed E-state index contributed by atoms with van der Waals surface area (Å²) in [6.45, 7) is 4.77. The molecule has 1 rings (SSSR count). The van der Waals surface area contributed by atoms with Crippen LogP contribution in [0.15, 0.2) is 5.16 Å². The third kappa shape index (κ3) is 3.39. The van der Waals surface area contributed by atoms with Crippen LogP contribution in [0.2, 0.25) is 0 Å². The Hall–Kier alpha value is -1.70. The second-order valence-corrected chi connectivity index (χ2v) is 4.38. The maximum atomic E-state index is 12.2. The van der Waals surface area contributed by atoms with Gasteiger partial charge in [0, 0.05) is 19.5 Å². The maximum absolute atomic E-state index is 12.2. The quantitative estimate of drug-likeness (QED) is 0.343. The van der Waals surface area contributed by atoms with Crippen LogP contribution in [0.25, 0.3) is 0 Å². The highest BCUT2D eigenvalue weighted by Gasteiger charge is 2.20. The van der Waals surface area contributed by atoms with Gasteiger partial charge in [0.05, 0.1) is 5.69 Å². The predicted octanol–water partition coefficient (Wildman–Crippen LogP) is 0.699. The number of carbonyl (C=O) groups is 1. The first-order valence-corrected chi connectivity index (χ1v) is 6.48. The lowest BCUT2D eigenvalue weighted by atomic mass is 10.2. The molecule has 0 bridgehead atoms. The minimum Gasteiger partial charge on any atom is -0.409 e. The SMILES string of the molecule is CCc1nnsc1C(=O)N(CC)CCC(N)=NO. The molecule has 0 radical (unpaired) electrons. The van der Waals surface area contributed by atoms with Gasteiger partial charge in [0.2, 0.25) is 0 Å². The van der Waals surface area contributed by atoms with Gasteiger partial charge < -0.3 is 15.8 Å². The fourth-order valence-corrected chi connectivity index (χ4v) is 2.17. The average Bonchev–Trinajstić information content (AvgIpc) is 2.86. The Labute approximate surface area is 109 Å². The summed E-state index contributed by atoms with van der Waals surface area (Å²) in [5.41, 5.74) is 6.11. The summed E-state index contributed by atoms with van der Waals surface area (Å²) in [7, 11) is 0. The molecule has 0 atom stereocenters. The Balaban J connectivity index is 2.73. The molecule has 0 saturated heterocycles. The van der Waals surface area contributed by atoms with Crippen molar-refractivity contribution in [3.63, 3.8) is 0 Å². The van der Waals surface area contributed by atoms with Crippen molar-refractivity contribution >= 4 is 23.3 Å². The molecule has 18 heavy (non-hydrogen) atoms. The molecule has 0 aliphatic carbocycles. The van der Waals surface area contributed by atoms with Crippen molar-refractivity contribution in [1.82, 2.24) is 14.5 Å². The summed E-state index contributed by atoms with van der Waals surface area (Å²) in [6.07, 6.45) is 1.01. The highest BCUT2D eigenvalue weighted by atomic mass is 32.1. The third-order valence-electron chi connectivity index (χ3n) is 2.52. The van der Waals surface area contributed by atoms with Crippen molar-refractivity contribution in [2.24, 2.45) is 10.9 Å². The topological polar surface area (TPSA) is 105 Å². The van der Waals surface area contributed by atoms with Crippen LogP contribution >= 0.6 is 11.5 Å². The maximum Gasteiger partial charge on any atom is 0.267 e. The molecule has 8 heteroatoms. The summed E-state index contributed by atoms with van der Waals surface area (Å²) in [5.74, 6) is 0.00878. The zero-order valence-electron chi connectivity index (χ0n) is 10.5. The van der Waals surface area contributed by atoms with E-state index in [1.807, 2.05) is 13.8 Å². The van der Waals surface area contributed by atoms with Crippen LogP contribution in [0.3, 0.4) is 0 Å². The molecule has 0 aliphatic heterocycles. The van der Waals surface area contributed by atoms with Gasteiger partial charge in [-0.2, -0.15) is 0 Å². The van der Waals surface area contributed by atoms with Gasteiger partial charge in [0.1, 0.15) is 10.7 Å². The molecule has 0 aromatic carbocycles. The lowest BCUT2D eigenvalue weighted by Gasteiger charge is -2.19. The van der Waals surface area contributed by atoms with Gasteiger partial charge in [-0.3, -0.25) is 4.79 Å². The molecular weight excluding hydrogens is 254 g/mol. The van der Waals surface area contributed by atoms with Gasteiger partial charge in [0.25, 0.3) is 5.91 Å². The molecule has 1 heterocycles. The number of hydrogen-bond donors (Lipinski definition) is 2. The second-order valence-electron chi connectivity index (χ2n) is 3.63. The van der Waals surface area contributed by atoms with E-state index < -0.39 is 0 Å². The van der Waals surface area contributed by atoms with Gasteiger partial charge in [-0.05, 0) is 24.9 Å².